The van der Waals surface area contributed by atoms with Gasteiger partial charge in [0.15, 0.2) is 5.82 Å². The number of nitrogens with one attached hydrogen (secondary N) is 2. The first kappa shape index (κ1) is 30.7. The van der Waals surface area contributed by atoms with Crippen LogP contribution in [0, 0.1) is 5.82 Å². The molecule has 1 amide bonds. The molecule has 4 rings (SSSR count). The number of rotatable bonds is 10. The summed E-state index contributed by atoms with van der Waals surface area (Å²) in [5.41, 5.74) is 4.94. The van der Waals surface area contributed by atoms with Crippen molar-refractivity contribution in [3.05, 3.63) is 86.8 Å². The van der Waals surface area contributed by atoms with Crippen LogP contribution in [-0.4, -0.2) is 34.2 Å². The number of ether oxygens (including phenoxy) is 1. The lowest BCUT2D eigenvalue weighted by Gasteiger charge is -2.31. The third-order valence-corrected chi connectivity index (χ3v) is 7.80. The van der Waals surface area contributed by atoms with E-state index in [2.05, 4.69) is 57.4 Å². The van der Waals surface area contributed by atoms with Crippen molar-refractivity contribution in [3.8, 4) is 0 Å². The summed E-state index contributed by atoms with van der Waals surface area (Å²) in [6, 6.07) is 11.1. The first-order valence-electron chi connectivity index (χ1n) is 14.3. The monoisotopic (exact) mass is 623 g/mol. The van der Waals surface area contributed by atoms with Crippen molar-refractivity contribution >= 4 is 38.7 Å². The van der Waals surface area contributed by atoms with Crippen molar-refractivity contribution in [2.75, 3.05) is 6.54 Å². The number of esters is 1. The maximum absolute atomic E-state index is 14.8. The largest absolute Gasteiger partial charge is 0.460 e. The zero-order chi connectivity index (χ0) is 29.7. The Balaban J connectivity index is 1.62. The molecule has 0 spiro atoms. The fourth-order valence-electron chi connectivity index (χ4n) is 5.45. The molecule has 0 fully saturated rings. The summed E-state index contributed by atoms with van der Waals surface area (Å²) < 4.78 is 20.8. The average Bonchev–Trinajstić information content (AvgIpc) is 3.32. The normalized spacial score (nSPS) is 15.2. The molecular formula is C33H39BrFN3O3. The molecule has 1 aliphatic carbocycles. The number of H-pyrrole nitrogens is 1. The van der Waals surface area contributed by atoms with Gasteiger partial charge < -0.3 is 10.1 Å². The van der Waals surface area contributed by atoms with E-state index in [1.807, 2.05) is 51.1 Å². The van der Waals surface area contributed by atoms with Gasteiger partial charge in [-0.2, -0.15) is 5.10 Å². The van der Waals surface area contributed by atoms with E-state index in [0.717, 1.165) is 42.3 Å². The first-order chi connectivity index (χ1) is 19.5. The van der Waals surface area contributed by atoms with Crippen molar-refractivity contribution in [3.63, 3.8) is 0 Å². The highest BCUT2D eigenvalue weighted by Crippen LogP contribution is 2.46. The summed E-state index contributed by atoms with van der Waals surface area (Å²) in [4.78, 5) is 24.8. The van der Waals surface area contributed by atoms with Gasteiger partial charge in [-0.05, 0) is 82.7 Å². The van der Waals surface area contributed by atoms with Crippen molar-refractivity contribution in [1.82, 2.24) is 15.5 Å². The van der Waals surface area contributed by atoms with Gasteiger partial charge in [0.25, 0.3) is 5.91 Å². The van der Waals surface area contributed by atoms with Gasteiger partial charge in [-0.15, -0.1) is 0 Å². The zero-order valence-corrected chi connectivity index (χ0v) is 26.0. The predicted octanol–water partition coefficient (Wildman–Crippen LogP) is 8.26. The number of carbonyl (C=O) groups excluding carboxylic acids is 2. The summed E-state index contributed by atoms with van der Waals surface area (Å²) >= 11 is 3.46. The molecule has 218 valence electrons. The standard InChI is InChI=1S/C33H39BrFN3O3/c1-6-7-25(21-12-14-23(15-13-21)32(40)36-17-16-28(39)41-33(3,4)5)29(22-10-8-20(2)9-11-22)31-26-18-24(34)19-27(35)30(26)37-38-31/h8,10,12-15,18-19,25,29H,6-7,9,11,16-17H2,1-5H3,(H,36,40)(H,37,38). The molecule has 6 nitrogen and oxygen atoms in total. The minimum absolute atomic E-state index is 0.0356. The third-order valence-electron chi connectivity index (χ3n) is 7.34. The van der Waals surface area contributed by atoms with E-state index in [0.29, 0.717) is 15.6 Å². The molecule has 0 bridgehead atoms. The van der Waals surface area contributed by atoms with Crippen LogP contribution in [-0.2, 0) is 9.53 Å². The molecule has 1 aromatic heterocycles. The van der Waals surface area contributed by atoms with E-state index in [1.54, 1.807) is 0 Å². The van der Waals surface area contributed by atoms with Gasteiger partial charge in [-0.25, -0.2) is 4.39 Å². The van der Waals surface area contributed by atoms with Crippen molar-refractivity contribution < 1.29 is 18.7 Å². The first-order valence-corrected chi connectivity index (χ1v) is 15.1. The molecule has 0 aliphatic heterocycles. The summed E-state index contributed by atoms with van der Waals surface area (Å²) in [6.45, 7) is 9.95. The van der Waals surface area contributed by atoms with Gasteiger partial charge in [0, 0.05) is 27.9 Å². The van der Waals surface area contributed by atoms with Gasteiger partial charge in [0.1, 0.15) is 11.1 Å². The Hall–Kier alpha value is -3.26. The SMILES string of the molecule is CCCC(c1ccc(C(=O)NCCC(=O)OC(C)(C)C)cc1)C(C1=CC=C(C)CC1)c1[nH]nc2c(F)cc(Br)cc12. The van der Waals surface area contributed by atoms with E-state index < -0.39 is 5.60 Å². The smallest absolute Gasteiger partial charge is 0.308 e. The Morgan fingerprint density at radius 1 is 1.15 bits per heavy atom. The molecule has 0 saturated heterocycles. The average molecular weight is 625 g/mol. The van der Waals surface area contributed by atoms with Gasteiger partial charge in [-0.1, -0.05) is 64.7 Å². The van der Waals surface area contributed by atoms with Crippen LogP contribution in [0.3, 0.4) is 0 Å². The van der Waals surface area contributed by atoms with Gasteiger partial charge in [-0.3, -0.25) is 14.7 Å². The van der Waals surface area contributed by atoms with Crippen LogP contribution in [0.15, 0.2) is 64.2 Å². The number of fused-ring (bicyclic) bond motifs is 1. The molecule has 3 aromatic rings. The van der Waals surface area contributed by atoms with Gasteiger partial charge in [0.2, 0.25) is 0 Å². The lowest BCUT2D eigenvalue weighted by molar-refractivity contribution is -0.154. The number of aromatic amines is 1. The van der Waals surface area contributed by atoms with Gasteiger partial charge >= 0.3 is 5.97 Å². The Labute approximate surface area is 250 Å². The molecule has 1 aliphatic rings. The highest BCUT2D eigenvalue weighted by molar-refractivity contribution is 9.10. The minimum Gasteiger partial charge on any atom is -0.460 e. The Bertz CT molecular complexity index is 1470. The second-order valence-electron chi connectivity index (χ2n) is 11.8. The van der Waals surface area contributed by atoms with Crippen LogP contribution in [0.4, 0.5) is 4.39 Å². The van der Waals surface area contributed by atoms with E-state index in [9.17, 15) is 14.0 Å². The summed E-state index contributed by atoms with van der Waals surface area (Å²) in [6.07, 6.45) is 8.26. The number of nitrogens with zero attached hydrogens (tertiary/aromatic N) is 1. The van der Waals surface area contributed by atoms with Crippen LogP contribution < -0.4 is 5.32 Å². The maximum Gasteiger partial charge on any atom is 0.308 e. The topological polar surface area (TPSA) is 84.1 Å². The summed E-state index contributed by atoms with van der Waals surface area (Å²) in [7, 11) is 0. The maximum atomic E-state index is 14.8. The summed E-state index contributed by atoms with van der Waals surface area (Å²) in [5.74, 6) is -0.890. The summed E-state index contributed by atoms with van der Waals surface area (Å²) in [5, 5.41) is 11.2. The Morgan fingerprint density at radius 2 is 1.88 bits per heavy atom. The minimum atomic E-state index is -0.556. The quantitative estimate of drug-likeness (QED) is 0.223. The van der Waals surface area contributed by atoms with Crippen LogP contribution >= 0.6 is 15.9 Å². The Kier molecular flexibility index (Phi) is 9.84. The number of amides is 1. The molecule has 8 heteroatoms. The van der Waals surface area contributed by atoms with Crippen LogP contribution in [0.2, 0.25) is 0 Å². The second kappa shape index (κ2) is 13.1. The number of carbonyl (C=O) groups is 2. The zero-order valence-electron chi connectivity index (χ0n) is 24.4. The van der Waals surface area contributed by atoms with Gasteiger partial charge in [0.05, 0.1) is 12.1 Å². The molecule has 1 heterocycles. The van der Waals surface area contributed by atoms with Crippen molar-refractivity contribution in [2.24, 2.45) is 0 Å². The fraction of sp³-hybridized carbons (Fsp3) is 0.424. The number of hydrogen-bond donors (Lipinski definition) is 2. The molecule has 2 N–H and O–H groups in total. The van der Waals surface area contributed by atoms with E-state index in [1.165, 1.54) is 17.2 Å². The van der Waals surface area contributed by atoms with Crippen LogP contribution in [0.5, 0.6) is 0 Å². The molecule has 0 radical (unpaired) electrons. The molecule has 2 aromatic carbocycles. The van der Waals surface area contributed by atoms with E-state index in [4.69, 9.17) is 4.74 Å². The highest BCUT2D eigenvalue weighted by Gasteiger charge is 2.31. The van der Waals surface area contributed by atoms with E-state index in [-0.39, 0.29) is 42.5 Å². The third kappa shape index (κ3) is 7.73. The Morgan fingerprint density at radius 3 is 2.51 bits per heavy atom. The highest BCUT2D eigenvalue weighted by atomic mass is 79.9. The fourth-order valence-corrected chi connectivity index (χ4v) is 5.88. The molecular weight excluding hydrogens is 585 g/mol. The molecule has 2 atom stereocenters. The lowest BCUT2D eigenvalue weighted by Crippen LogP contribution is -2.29. The number of benzene rings is 2. The van der Waals surface area contributed by atoms with Crippen molar-refractivity contribution in [2.45, 2.75) is 84.2 Å². The second-order valence-corrected chi connectivity index (χ2v) is 12.7. The van der Waals surface area contributed by atoms with Crippen LogP contribution in [0.1, 0.15) is 100 Å². The molecule has 41 heavy (non-hydrogen) atoms. The molecule has 2 unspecified atom stereocenters. The lowest BCUT2D eigenvalue weighted by atomic mass is 9.73. The number of allylic oxidation sites excluding steroid dienone is 4. The van der Waals surface area contributed by atoms with Crippen molar-refractivity contribution in [1.29, 1.82) is 0 Å². The van der Waals surface area contributed by atoms with E-state index >= 15 is 0 Å². The number of aromatic nitrogens is 2. The van der Waals surface area contributed by atoms with Crippen LogP contribution in [0.25, 0.3) is 10.9 Å². The predicted molar refractivity (Wildman–Crippen MR) is 164 cm³/mol. The number of hydrogen-bond acceptors (Lipinski definition) is 4. The molecule has 0 saturated carbocycles. The number of halogens is 2.